The fraction of sp³-hybridized carbons (Fsp3) is 0.0769. The molecule has 1 aromatic heterocycles. The van der Waals surface area contributed by atoms with Crippen LogP contribution in [-0.4, -0.2) is 10.7 Å². The standard InChI is InChI=1S/C13H11N2O3.ClHO4/c16-13(10-14-7-2-1-3-8-14)11-5-4-6-12(9-11)15(17)18;2-1(3,4)5/h1-9H,10H2;(H,2,3,4,5)/q+1;/p-1. The van der Waals surface area contributed by atoms with Gasteiger partial charge in [0.2, 0.25) is 12.3 Å². The van der Waals surface area contributed by atoms with E-state index in [4.69, 9.17) is 18.6 Å². The first kappa shape index (κ1) is 18.6. The SMILES string of the molecule is O=C(C[n+]1ccccc1)c1cccc([N+](=O)[O-])c1.[O-][Cl+3]([O-])([O-])[O-]. The molecule has 0 unspecified atom stereocenters. The van der Waals surface area contributed by atoms with Crippen molar-refractivity contribution < 1.29 is 43.2 Å². The number of Topliss-reactive ketones (excluding diaryl/α,β-unsaturated/α-hetero) is 1. The summed E-state index contributed by atoms with van der Waals surface area (Å²) in [5.41, 5.74) is 0.277. The normalized spacial score (nSPS) is 10.4. The summed E-state index contributed by atoms with van der Waals surface area (Å²) >= 11 is 0. The number of hydrogen-bond donors (Lipinski definition) is 0. The summed E-state index contributed by atoms with van der Waals surface area (Å²) in [7, 11) is -4.94. The largest absolute Gasteiger partial charge is 0.287 e. The van der Waals surface area contributed by atoms with Crippen LogP contribution in [0.3, 0.4) is 0 Å². The predicted molar refractivity (Wildman–Crippen MR) is 64.1 cm³/mol. The molecule has 10 heteroatoms. The Morgan fingerprint density at radius 2 is 1.61 bits per heavy atom. The molecule has 2 rings (SSSR count). The smallest absolute Gasteiger partial charge is 0.270 e. The van der Waals surface area contributed by atoms with Crippen LogP contribution in [0.25, 0.3) is 0 Å². The highest BCUT2D eigenvalue weighted by molar-refractivity contribution is 5.95. The average molecular weight is 343 g/mol. The van der Waals surface area contributed by atoms with Crippen molar-refractivity contribution in [2.24, 2.45) is 0 Å². The Bertz CT molecular complexity index is 668. The van der Waals surface area contributed by atoms with Crippen LogP contribution in [0.1, 0.15) is 10.4 Å². The molecule has 0 aliphatic carbocycles. The molecule has 0 amide bonds. The van der Waals surface area contributed by atoms with Gasteiger partial charge in [-0.2, -0.15) is 4.57 Å². The third-order valence-electron chi connectivity index (χ3n) is 2.48. The predicted octanol–water partition coefficient (Wildman–Crippen LogP) is -2.99. The first-order chi connectivity index (χ1) is 10.7. The summed E-state index contributed by atoms with van der Waals surface area (Å²) in [5, 5.41) is 10.6. The number of ketones is 1. The van der Waals surface area contributed by atoms with Crippen LogP contribution in [-0.2, 0) is 6.54 Å². The van der Waals surface area contributed by atoms with Crippen LogP contribution in [0.2, 0.25) is 0 Å². The zero-order valence-corrected chi connectivity index (χ0v) is 12.3. The van der Waals surface area contributed by atoms with E-state index in [0.717, 1.165) is 0 Å². The second kappa shape index (κ2) is 8.27. The Balaban J connectivity index is 0.000000463. The minimum atomic E-state index is -4.94. The Morgan fingerprint density at radius 3 is 2.13 bits per heavy atom. The number of non-ortho nitro benzene ring substituents is 1. The topological polar surface area (TPSA) is 156 Å². The Hall–Kier alpha value is -2.43. The number of carbonyl (C=O) groups is 1. The molecule has 0 atom stereocenters. The number of benzene rings is 1. The van der Waals surface area contributed by atoms with E-state index in [1.54, 1.807) is 23.0 Å². The van der Waals surface area contributed by atoms with Crippen LogP contribution in [0, 0.1) is 20.4 Å². The molecule has 0 N–H and O–H groups in total. The lowest BCUT2D eigenvalue weighted by Crippen LogP contribution is -2.68. The summed E-state index contributed by atoms with van der Waals surface area (Å²) in [6.45, 7) is 0.169. The quantitative estimate of drug-likeness (QED) is 0.248. The maximum Gasteiger partial charge on any atom is 0.270 e. The highest BCUT2D eigenvalue weighted by atomic mass is 35.7. The van der Waals surface area contributed by atoms with Gasteiger partial charge in [-0.1, -0.05) is 18.2 Å². The van der Waals surface area contributed by atoms with Crippen LogP contribution >= 0.6 is 0 Å². The van der Waals surface area contributed by atoms with Gasteiger partial charge in [-0.05, 0) is 0 Å². The van der Waals surface area contributed by atoms with Gasteiger partial charge >= 0.3 is 0 Å². The fourth-order valence-electron chi connectivity index (χ4n) is 1.59. The van der Waals surface area contributed by atoms with Crippen molar-refractivity contribution in [3.05, 3.63) is 70.5 Å². The van der Waals surface area contributed by atoms with E-state index in [1.165, 1.54) is 18.2 Å². The lowest BCUT2D eigenvalue weighted by molar-refractivity contribution is -2.00. The minimum absolute atomic E-state index is 0.0705. The average Bonchev–Trinajstić information content (AvgIpc) is 2.46. The van der Waals surface area contributed by atoms with E-state index in [-0.39, 0.29) is 18.0 Å². The lowest BCUT2D eigenvalue weighted by Gasteiger charge is -2.17. The Labute approximate surface area is 132 Å². The molecule has 0 aliphatic heterocycles. The molecule has 0 saturated heterocycles. The number of hydrogen-bond acceptors (Lipinski definition) is 7. The van der Waals surface area contributed by atoms with Gasteiger partial charge in [0.1, 0.15) is 0 Å². The van der Waals surface area contributed by atoms with Crippen LogP contribution < -0.4 is 23.2 Å². The zero-order valence-electron chi connectivity index (χ0n) is 11.5. The number of nitrogens with zero attached hydrogens (tertiary/aromatic N) is 2. The third kappa shape index (κ3) is 7.95. The van der Waals surface area contributed by atoms with Gasteiger partial charge in [0.05, 0.1) is 4.92 Å². The molecule has 9 nitrogen and oxygen atoms in total. The van der Waals surface area contributed by atoms with Crippen LogP contribution in [0.15, 0.2) is 54.9 Å². The van der Waals surface area contributed by atoms with Crippen LogP contribution in [0.4, 0.5) is 5.69 Å². The van der Waals surface area contributed by atoms with Gasteiger partial charge in [-0.3, -0.25) is 14.9 Å². The molecule has 0 spiro atoms. The van der Waals surface area contributed by atoms with E-state index < -0.39 is 15.2 Å². The number of carbonyl (C=O) groups excluding carboxylic acids is 1. The number of halogens is 1. The van der Waals surface area contributed by atoms with Crippen molar-refractivity contribution in [3.63, 3.8) is 0 Å². The number of aromatic nitrogens is 1. The summed E-state index contributed by atoms with van der Waals surface area (Å²) < 4.78 is 35.7. The Kier molecular flexibility index (Phi) is 6.69. The molecule has 1 aromatic carbocycles. The molecule has 122 valence electrons. The monoisotopic (exact) mass is 342 g/mol. The third-order valence-corrected chi connectivity index (χ3v) is 2.48. The van der Waals surface area contributed by atoms with Gasteiger partial charge in [0.25, 0.3) is 5.69 Å². The number of rotatable bonds is 4. The first-order valence-electron chi connectivity index (χ1n) is 6.00. The summed E-state index contributed by atoms with van der Waals surface area (Å²) in [5.74, 6) is -0.157. The van der Waals surface area contributed by atoms with Crippen LogP contribution in [0.5, 0.6) is 0 Å². The van der Waals surface area contributed by atoms with E-state index in [2.05, 4.69) is 0 Å². The second-order valence-corrected chi connectivity index (χ2v) is 4.91. The first-order valence-corrected chi connectivity index (χ1v) is 7.24. The molecule has 0 bridgehead atoms. The number of pyridine rings is 1. The number of nitro benzene ring substituents is 1. The van der Waals surface area contributed by atoms with Gasteiger partial charge in [-0.15, -0.1) is 10.2 Å². The van der Waals surface area contributed by atoms with Gasteiger partial charge in [-0.25, -0.2) is 18.6 Å². The van der Waals surface area contributed by atoms with Gasteiger partial charge in [0, 0.05) is 29.8 Å². The second-order valence-electron chi connectivity index (χ2n) is 4.16. The molecule has 0 fully saturated rings. The fourth-order valence-corrected chi connectivity index (χ4v) is 1.59. The lowest BCUT2D eigenvalue weighted by atomic mass is 10.1. The summed E-state index contributed by atoms with van der Waals surface area (Å²) in [6.07, 6.45) is 3.55. The van der Waals surface area contributed by atoms with E-state index >= 15 is 0 Å². The molecule has 0 saturated carbocycles. The van der Waals surface area contributed by atoms with Crippen molar-refractivity contribution in [1.29, 1.82) is 0 Å². The molecule has 23 heavy (non-hydrogen) atoms. The van der Waals surface area contributed by atoms with E-state index in [1.807, 2.05) is 18.2 Å². The summed E-state index contributed by atoms with van der Waals surface area (Å²) in [6, 6.07) is 11.3. The molecular formula is C13H11ClN2O7. The van der Waals surface area contributed by atoms with Crippen molar-refractivity contribution in [2.45, 2.75) is 6.54 Å². The molecule has 0 radical (unpaired) electrons. The van der Waals surface area contributed by atoms with Gasteiger partial charge in [0.15, 0.2) is 12.4 Å². The van der Waals surface area contributed by atoms with Crippen molar-refractivity contribution >= 4 is 11.5 Å². The minimum Gasteiger partial charge on any atom is -0.287 e. The molecular weight excluding hydrogens is 332 g/mol. The number of nitro groups is 1. The highest BCUT2D eigenvalue weighted by Gasteiger charge is 2.14. The highest BCUT2D eigenvalue weighted by Crippen LogP contribution is 2.13. The summed E-state index contributed by atoms with van der Waals surface area (Å²) in [4.78, 5) is 22.1. The van der Waals surface area contributed by atoms with E-state index in [0.29, 0.717) is 5.56 Å². The van der Waals surface area contributed by atoms with E-state index in [9.17, 15) is 14.9 Å². The van der Waals surface area contributed by atoms with Crippen molar-refractivity contribution in [1.82, 2.24) is 0 Å². The maximum atomic E-state index is 11.9. The molecule has 2 aromatic rings. The van der Waals surface area contributed by atoms with Crippen molar-refractivity contribution in [2.75, 3.05) is 0 Å². The van der Waals surface area contributed by atoms with Crippen molar-refractivity contribution in [3.8, 4) is 0 Å². The maximum absolute atomic E-state index is 11.9. The molecule has 0 aliphatic rings. The van der Waals surface area contributed by atoms with Gasteiger partial charge < -0.3 is 0 Å². The Morgan fingerprint density at radius 1 is 1.04 bits per heavy atom. The molecule has 1 heterocycles. The zero-order chi connectivity index (χ0) is 17.5.